The lowest BCUT2D eigenvalue weighted by molar-refractivity contribution is 0.696. The van der Waals surface area contributed by atoms with E-state index < -0.39 is 0 Å². The molecule has 4 heteroatoms. The molecule has 0 radical (unpaired) electrons. The first-order chi connectivity index (χ1) is 10.1. The highest BCUT2D eigenvalue weighted by molar-refractivity contribution is 9.10. The second-order valence-corrected chi connectivity index (χ2v) is 6.28. The largest absolute Gasteiger partial charge is 0.322 e. The van der Waals surface area contributed by atoms with E-state index in [1.165, 1.54) is 0 Å². The van der Waals surface area contributed by atoms with Crippen molar-refractivity contribution in [2.45, 2.75) is 12.5 Å². The molecule has 0 aliphatic rings. The molecular weight excluding hydrogens is 348 g/mol. The molecule has 0 fully saturated rings. The van der Waals surface area contributed by atoms with Crippen molar-refractivity contribution in [3.05, 3.63) is 75.4 Å². The van der Waals surface area contributed by atoms with Gasteiger partial charge in [0, 0.05) is 14.9 Å². The SMILES string of the molecule is NC(Cc1ccc(Cl)cc1)c1nc2ccccc2cc1Br. The van der Waals surface area contributed by atoms with Crippen LogP contribution >= 0.6 is 27.5 Å². The van der Waals surface area contributed by atoms with Crippen LogP contribution in [0.5, 0.6) is 0 Å². The summed E-state index contributed by atoms with van der Waals surface area (Å²) in [6, 6.07) is 17.7. The number of benzene rings is 2. The third-order valence-corrected chi connectivity index (χ3v) is 4.31. The van der Waals surface area contributed by atoms with E-state index in [1.807, 2.05) is 48.5 Å². The molecule has 1 atom stereocenters. The van der Waals surface area contributed by atoms with Crippen LogP contribution < -0.4 is 5.73 Å². The molecule has 0 bridgehead atoms. The quantitative estimate of drug-likeness (QED) is 0.721. The molecule has 0 amide bonds. The summed E-state index contributed by atoms with van der Waals surface area (Å²) in [5.74, 6) is 0. The van der Waals surface area contributed by atoms with Crippen molar-refractivity contribution in [1.82, 2.24) is 4.98 Å². The smallest absolute Gasteiger partial charge is 0.0723 e. The lowest BCUT2D eigenvalue weighted by Gasteiger charge is -2.14. The van der Waals surface area contributed by atoms with Crippen molar-refractivity contribution in [2.24, 2.45) is 5.73 Å². The molecule has 0 spiro atoms. The van der Waals surface area contributed by atoms with Crippen LogP contribution in [0.2, 0.25) is 5.02 Å². The van der Waals surface area contributed by atoms with Gasteiger partial charge in [0.25, 0.3) is 0 Å². The number of nitrogens with zero attached hydrogens (tertiary/aromatic N) is 1. The van der Waals surface area contributed by atoms with Crippen LogP contribution in [0.15, 0.2) is 59.1 Å². The summed E-state index contributed by atoms with van der Waals surface area (Å²) in [4.78, 5) is 4.69. The third kappa shape index (κ3) is 3.26. The molecule has 3 aromatic rings. The maximum Gasteiger partial charge on any atom is 0.0723 e. The molecule has 1 aromatic heterocycles. The molecule has 0 saturated heterocycles. The zero-order valence-electron chi connectivity index (χ0n) is 11.3. The summed E-state index contributed by atoms with van der Waals surface area (Å²) in [6.45, 7) is 0. The molecule has 21 heavy (non-hydrogen) atoms. The van der Waals surface area contributed by atoms with E-state index in [0.29, 0.717) is 0 Å². The van der Waals surface area contributed by atoms with Crippen LogP contribution in [0.4, 0.5) is 0 Å². The number of fused-ring (bicyclic) bond motifs is 1. The minimum atomic E-state index is -0.162. The first-order valence-corrected chi connectivity index (χ1v) is 7.86. The Morgan fingerprint density at radius 1 is 1.10 bits per heavy atom. The summed E-state index contributed by atoms with van der Waals surface area (Å²) >= 11 is 9.48. The highest BCUT2D eigenvalue weighted by atomic mass is 79.9. The maximum absolute atomic E-state index is 6.33. The number of aromatic nitrogens is 1. The van der Waals surface area contributed by atoms with Gasteiger partial charge in [0.1, 0.15) is 0 Å². The number of halogens is 2. The van der Waals surface area contributed by atoms with Crippen molar-refractivity contribution in [2.75, 3.05) is 0 Å². The zero-order valence-corrected chi connectivity index (χ0v) is 13.6. The van der Waals surface area contributed by atoms with Gasteiger partial charge in [-0.2, -0.15) is 0 Å². The average Bonchev–Trinajstić information content (AvgIpc) is 2.49. The molecule has 0 aliphatic heterocycles. The zero-order chi connectivity index (χ0) is 14.8. The van der Waals surface area contributed by atoms with Crippen molar-refractivity contribution >= 4 is 38.4 Å². The Labute approximate surface area is 137 Å². The van der Waals surface area contributed by atoms with Crippen molar-refractivity contribution in [3.63, 3.8) is 0 Å². The van der Waals surface area contributed by atoms with Gasteiger partial charge in [0.05, 0.1) is 17.3 Å². The fraction of sp³-hybridized carbons (Fsp3) is 0.118. The number of nitrogens with two attached hydrogens (primary N) is 1. The van der Waals surface area contributed by atoms with E-state index in [2.05, 4.69) is 22.0 Å². The summed E-state index contributed by atoms with van der Waals surface area (Å²) in [6.07, 6.45) is 0.723. The Hall–Kier alpha value is -1.42. The van der Waals surface area contributed by atoms with Crippen molar-refractivity contribution in [3.8, 4) is 0 Å². The van der Waals surface area contributed by atoms with Gasteiger partial charge >= 0.3 is 0 Å². The van der Waals surface area contributed by atoms with Crippen LogP contribution in [0.1, 0.15) is 17.3 Å². The van der Waals surface area contributed by atoms with Gasteiger partial charge in [-0.25, -0.2) is 4.98 Å². The number of hydrogen-bond acceptors (Lipinski definition) is 2. The van der Waals surface area contributed by atoms with Gasteiger partial charge in [-0.05, 0) is 52.2 Å². The molecular formula is C17H14BrClN2. The van der Waals surface area contributed by atoms with Crippen molar-refractivity contribution in [1.29, 1.82) is 0 Å². The van der Waals surface area contributed by atoms with Gasteiger partial charge < -0.3 is 5.73 Å². The Kier molecular flexibility index (Phi) is 4.24. The molecule has 0 aliphatic carbocycles. The van der Waals surface area contributed by atoms with Gasteiger partial charge in [0.2, 0.25) is 0 Å². The van der Waals surface area contributed by atoms with Gasteiger partial charge in [-0.15, -0.1) is 0 Å². The predicted molar refractivity (Wildman–Crippen MR) is 91.5 cm³/mol. The highest BCUT2D eigenvalue weighted by Gasteiger charge is 2.13. The highest BCUT2D eigenvalue weighted by Crippen LogP contribution is 2.27. The van der Waals surface area contributed by atoms with Gasteiger partial charge in [-0.1, -0.05) is 41.9 Å². The maximum atomic E-state index is 6.33. The van der Waals surface area contributed by atoms with Crippen molar-refractivity contribution < 1.29 is 0 Å². The average molecular weight is 362 g/mol. The van der Waals surface area contributed by atoms with E-state index in [1.54, 1.807) is 0 Å². The van der Waals surface area contributed by atoms with Crippen LogP contribution in [-0.4, -0.2) is 4.98 Å². The van der Waals surface area contributed by atoms with E-state index >= 15 is 0 Å². The summed E-state index contributed by atoms with van der Waals surface area (Å²) in [5, 5.41) is 1.84. The molecule has 1 heterocycles. The standard InChI is InChI=1S/C17H14BrClN2/c18-14-10-12-3-1-2-4-16(12)21-17(14)15(20)9-11-5-7-13(19)8-6-11/h1-8,10,15H,9,20H2. The van der Waals surface area contributed by atoms with E-state index in [4.69, 9.17) is 22.3 Å². The van der Waals surface area contributed by atoms with Crippen LogP contribution in [-0.2, 0) is 6.42 Å². The molecule has 2 nitrogen and oxygen atoms in total. The topological polar surface area (TPSA) is 38.9 Å². The Bertz CT molecular complexity index is 771. The predicted octanol–water partition coefficient (Wildman–Crippen LogP) is 4.89. The molecule has 3 rings (SSSR count). The van der Waals surface area contributed by atoms with E-state index in [9.17, 15) is 0 Å². The van der Waals surface area contributed by atoms with Crippen LogP contribution in [0.25, 0.3) is 10.9 Å². The fourth-order valence-electron chi connectivity index (χ4n) is 2.34. The number of rotatable bonds is 3. The summed E-state index contributed by atoms with van der Waals surface area (Å²) in [7, 11) is 0. The van der Waals surface area contributed by atoms with E-state index in [0.717, 1.165) is 38.1 Å². The van der Waals surface area contributed by atoms with Crippen LogP contribution in [0.3, 0.4) is 0 Å². The molecule has 106 valence electrons. The van der Waals surface area contributed by atoms with E-state index in [-0.39, 0.29) is 6.04 Å². The second-order valence-electron chi connectivity index (χ2n) is 4.99. The first kappa shape index (κ1) is 14.5. The lowest BCUT2D eigenvalue weighted by Crippen LogP contribution is -2.15. The first-order valence-electron chi connectivity index (χ1n) is 6.69. The molecule has 0 saturated carbocycles. The summed E-state index contributed by atoms with van der Waals surface area (Å²) < 4.78 is 0.947. The van der Waals surface area contributed by atoms with Gasteiger partial charge in [-0.3, -0.25) is 0 Å². The monoisotopic (exact) mass is 360 g/mol. The number of pyridine rings is 1. The fourth-order valence-corrected chi connectivity index (χ4v) is 3.09. The molecule has 1 unspecified atom stereocenters. The van der Waals surface area contributed by atoms with Crippen LogP contribution in [0, 0.1) is 0 Å². The Morgan fingerprint density at radius 3 is 2.57 bits per heavy atom. The Morgan fingerprint density at radius 2 is 1.81 bits per heavy atom. The minimum absolute atomic E-state index is 0.162. The Balaban J connectivity index is 1.91. The number of para-hydroxylation sites is 1. The normalized spacial score (nSPS) is 12.5. The summed E-state index contributed by atoms with van der Waals surface area (Å²) in [5.41, 5.74) is 9.32. The van der Waals surface area contributed by atoms with Gasteiger partial charge in [0.15, 0.2) is 0 Å². The molecule has 2 aromatic carbocycles. The number of hydrogen-bond donors (Lipinski definition) is 1. The third-order valence-electron chi connectivity index (χ3n) is 3.42. The molecule has 2 N–H and O–H groups in total. The second kappa shape index (κ2) is 6.14. The lowest BCUT2D eigenvalue weighted by atomic mass is 10.0. The minimum Gasteiger partial charge on any atom is -0.322 e.